The van der Waals surface area contributed by atoms with Crippen LogP contribution in [-0.4, -0.2) is 45.9 Å². The van der Waals surface area contributed by atoms with Gasteiger partial charge in [-0.15, -0.1) is 0 Å². The molecule has 9 nitrogen and oxygen atoms in total. The fourth-order valence-electron chi connectivity index (χ4n) is 5.08. The van der Waals surface area contributed by atoms with Gasteiger partial charge < -0.3 is 20.1 Å². The lowest BCUT2D eigenvalue weighted by atomic mass is 9.89. The number of nitrogens with zero attached hydrogens (tertiary/aromatic N) is 3. The van der Waals surface area contributed by atoms with E-state index in [0.717, 1.165) is 70.9 Å². The van der Waals surface area contributed by atoms with Gasteiger partial charge in [-0.1, -0.05) is 36.9 Å². The number of amides is 3. The average molecular weight is 482 g/mol. The summed E-state index contributed by atoms with van der Waals surface area (Å²) in [5.41, 5.74) is 0.568. The van der Waals surface area contributed by atoms with E-state index in [4.69, 9.17) is 4.52 Å². The van der Waals surface area contributed by atoms with Crippen LogP contribution in [0.25, 0.3) is 0 Å². The monoisotopic (exact) mass is 481 g/mol. The summed E-state index contributed by atoms with van der Waals surface area (Å²) in [4.78, 5) is 43.6. The molecule has 0 bridgehead atoms. The molecule has 2 N–H and O–H groups in total. The number of hydrogen-bond donors (Lipinski definition) is 2. The second kappa shape index (κ2) is 11.5. The highest BCUT2D eigenvalue weighted by atomic mass is 16.5. The molecule has 1 aliphatic carbocycles. The van der Waals surface area contributed by atoms with Gasteiger partial charge in [0.05, 0.1) is 0 Å². The Labute approximate surface area is 206 Å². The number of nitrogens with one attached hydrogen (secondary N) is 2. The molecule has 0 spiro atoms. The van der Waals surface area contributed by atoms with Crippen LogP contribution in [0.4, 0.5) is 5.69 Å². The Bertz CT molecular complexity index is 1040. The van der Waals surface area contributed by atoms with Crippen molar-refractivity contribution in [3.63, 3.8) is 0 Å². The number of hydrogen-bond acceptors (Lipinski definition) is 6. The lowest BCUT2D eigenvalue weighted by Gasteiger charge is -2.30. The van der Waals surface area contributed by atoms with Crippen LogP contribution in [0.15, 0.2) is 28.8 Å². The first-order valence-corrected chi connectivity index (χ1v) is 12.8. The largest absolute Gasteiger partial charge is 0.343 e. The van der Waals surface area contributed by atoms with Crippen LogP contribution in [0.5, 0.6) is 0 Å². The molecule has 2 aromatic rings. The van der Waals surface area contributed by atoms with Gasteiger partial charge >= 0.3 is 0 Å². The topological polar surface area (TPSA) is 117 Å². The normalized spacial score (nSPS) is 17.9. The van der Waals surface area contributed by atoms with Gasteiger partial charge in [0.15, 0.2) is 5.82 Å². The van der Waals surface area contributed by atoms with E-state index in [1.165, 1.54) is 6.92 Å². The zero-order chi connectivity index (χ0) is 24.7. The smallest absolute Gasteiger partial charge is 0.253 e. The Morgan fingerprint density at radius 1 is 1.03 bits per heavy atom. The van der Waals surface area contributed by atoms with E-state index in [0.29, 0.717) is 29.4 Å². The molecule has 1 aliphatic heterocycles. The first-order chi connectivity index (χ1) is 16.9. The molecular formula is C26H35N5O4. The Hall–Kier alpha value is -3.23. The zero-order valence-corrected chi connectivity index (χ0v) is 20.5. The van der Waals surface area contributed by atoms with Crippen LogP contribution in [0.2, 0.25) is 0 Å². The maximum atomic E-state index is 12.8. The van der Waals surface area contributed by atoms with Gasteiger partial charge in [-0.2, -0.15) is 4.98 Å². The van der Waals surface area contributed by atoms with Crippen LogP contribution < -0.4 is 10.6 Å². The molecule has 2 fully saturated rings. The van der Waals surface area contributed by atoms with Gasteiger partial charge in [-0.25, -0.2) is 0 Å². The van der Waals surface area contributed by atoms with Crippen molar-refractivity contribution in [2.24, 2.45) is 0 Å². The number of piperidine rings is 1. The lowest BCUT2D eigenvalue weighted by Crippen LogP contribution is -2.45. The summed E-state index contributed by atoms with van der Waals surface area (Å²) in [6.45, 7) is 3.07. The summed E-state index contributed by atoms with van der Waals surface area (Å²) >= 11 is 0. The number of aromatic nitrogens is 2. The summed E-state index contributed by atoms with van der Waals surface area (Å²) in [6, 6.07) is 7.07. The minimum atomic E-state index is -0.603. The molecule has 1 saturated heterocycles. The molecule has 0 radical (unpaired) electrons. The molecule has 2 aliphatic rings. The summed E-state index contributed by atoms with van der Waals surface area (Å²) in [6.07, 6.45) is 9.47. The second-order valence-corrected chi connectivity index (χ2v) is 9.67. The van der Waals surface area contributed by atoms with Gasteiger partial charge in [0, 0.05) is 44.1 Å². The molecule has 3 amide bonds. The minimum absolute atomic E-state index is 0.00537. The molecule has 188 valence electrons. The fourth-order valence-corrected chi connectivity index (χ4v) is 5.08. The molecular weight excluding hydrogens is 446 g/mol. The number of carbonyl (C=O) groups excluding carboxylic acids is 3. The quantitative estimate of drug-likeness (QED) is 0.578. The van der Waals surface area contributed by atoms with Crippen LogP contribution in [0.3, 0.4) is 0 Å². The molecule has 0 atom stereocenters. The van der Waals surface area contributed by atoms with Crippen molar-refractivity contribution in [2.75, 3.05) is 18.4 Å². The number of aryl methyl sites for hydroxylation is 1. The van der Waals surface area contributed by atoms with Crippen LogP contribution in [-0.2, 0) is 21.5 Å². The third kappa shape index (κ3) is 6.46. The third-order valence-electron chi connectivity index (χ3n) is 6.87. The summed E-state index contributed by atoms with van der Waals surface area (Å²) in [7, 11) is 0. The van der Waals surface area contributed by atoms with E-state index >= 15 is 0 Å². The van der Waals surface area contributed by atoms with E-state index in [-0.39, 0.29) is 24.1 Å². The van der Waals surface area contributed by atoms with E-state index in [1.807, 2.05) is 4.90 Å². The van der Waals surface area contributed by atoms with Gasteiger partial charge in [-0.3, -0.25) is 14.4 Å². The van der Waals surface area contributed by atoms with Gasteiger partial charge in [0.25, 0.3) is 5.91 Å². The molecule has 4 rings (SSSR count). The maximum absolute atomic E-state index is 12.8. The Kier molecular flexibility index (Phi) is 8.15. The van der Waals surface area contributed by atoms with Crippen molar-refractivity contribution in [1.29, 1.82) is 0 Å². The van der Waals surface area contributed by atoms with Crippen molar-refractivity contribution in [2.45, 2.75) is 83.1 Å². The second-order valence-electron chi connectivity index (χ2n) is 9.67. The fraction of sp³-hybridized carbons (Fsp3) is 0.577. The van der Waals surface area contributed by atoms with E-state index in [2.05, 4.69) is 20.8 Å². The van der Waals surface area contributed by atoms with Crippen molar-refractivity contribution in [3.05, 3.63) is 41.5 Å². The van der Waals surface area contributed by atoms with Crippen molar-refractivity contribution in [1.82, 2.24) is 20.4 Å². The Morgan fingerprint density at radius 2 is 1.74 bits per heavy atom. The van der Waals surface area contributed by atoms with E-state index in [1.54, 1.807) is 24.3 Å². The lowest BCUT2D eigenvalue weighted by molar-refractivity contribution is -0.121. The Balaban J connectivity index is 1.35. The number of likely N-dealkylation sites (tertiary alicyclic amines) is 1. The van der Waals surface area contributed by atoms with Gasteiger partial charge in [0.2, 0.25) is 17.7 Å². The molecule has 2 heterocycles. The van der Waals surface area contributed by atoms with Crippen molar-refractivity contribution in [3.8, 4) is 0 Å². The summed E-state index contributed by atoms with van der Waals surface area (Å²) in [5.74, 6) is 0.565. The summed E-state index contributed by atoms with van der Waals surface area (Å²) < 4.78 is 5.44. The molecule has 1 aromatic heterocycles. The predicted molar refractivity (Wildman–Crippen MR) is 131 cm³/mol. The highest BCUT2D eigenvalue weighted by molar-refractivity contribution is 5.97. The predicted octanol–water partition coefficient (Wildman–Crippen LogP) is 3.95. The molecule has 9 heteroatoms. The van der Waals surface area contributed by atoms with Gasteiger partial charge in [0.1, 0.15) is 5.54 Å². The number of rotatable bonds is 7. The van der Waals surface area contributed by atoms with E-state index < -0.39 is 5.54 Å². The SMILES string of the molecule is CC(=O)NC1(c2noc(CCC(=O)Nc3cccc(C(=O)N4CCCCC4)c3)n2)CCCCCC1. The minimum Gasteiger partial charge on any atom is -0.343 e. The maximum Gasteiger partial charge on any atom is 0.253 e. The summed E-state index contributed by atoms with van der Waals surface area (Å²) in [5, 5.41) is 10.1. The van der Waals surface area contributed by atoms with E-state index in [9.17, 15) is 14.4 Å². The molecule has 1 saturated carbocycles. The Morgan fingerprint density at radius 3 is 2.46 bits per heavy atom. The van der Waals surface area contributed by atoms with Crippen molar-refractivity contribution < 1.29 is 18.9 Å². The number of carbonyl (C=O) groups is 3. The van der Waals surface area contributed by atoms with Gasteiger partial charge in [-0.05, 0) is 50.3 Å². The first-order valence-electron chi connectivity index (χ1n) is 12.8. The molecule has 0 unspecified atom stereocenters. The standard InChI is InChI=1S/C26H35N5O4/c1-19(32)29-26(14-5-2-3-6-15-26)25-28-23(35-30-25)13-12-22(33)27-21-11-9-10-20(18-21)24(34)31-16-7-4-8-17-31/h9-11,18H,2-8,12-17H2,1H3,(H,27,33)(H,29,32). The number of anilines is 1. The molecule has 1 aromatic carbocycles. The average Bonchev–Trinajstić information content (AvgIpc) is 3.22. The third-order valence-corrected chi connectivity index (χ3v) is 6.87. The van der Waals surface area contributed by atoms with Crippen LogP contribution >= 0.6 is 0 Å². The zero-order valence-electron chi connectivity index (χ0n) is 20.5. The highest BCUT2D eigenvalue weighted by Crippen LogP contribution is 2.34. The first kappa shape index (κ1) is 24.9. The van der Waals surface area contributed by atoms with Crippen LogP contribution in [0, 0.1) is 0 Å². The number of benzene rings is 1. The molecule has 35 heavy (non-hydrogen) atoms. The van der Waals surface area contributed by atoms with Crippen LogP contribution in [0.1, 0.15) is 93.2 Å². The van der Waals surface area contributed by atoms with Crippen molar-refractivity contribution >= 4 is 23.4 Å². The highest BCUT2D eigenvalue weighted by Gasteiger charge is 2.38.